The van der Waals surface area contributed by atoms with Gasteiger partial charge in [0.2, 0.25) is 0 Å². The van der Waals surface area contributed by atoms with Crippen LogP contribution in [0.5, 0.6) is 0 Å². The second-order valence-electron chi connectivity index (χ2n) is 4.31. The summed E-state index contributed by atoms with van der Waals surface area (Å²) in [5.41, 5.74) is 0.550. The number of hydrogen-bond acceptors (Lipinski definition) is 4. The van der Waals surface area contributed by atoms with Crippen LogP contribution in [0.1, 0.15) is 11.8 Å². The zero-order chi connectivity index (χ0) is 15.3. The lowest BCUT2D eigenvalue weighted by Crippen LogP contribution is -2.27. The molecule has 2 rings (SSSR count). The van der Waals surface area contributed by atoms with E-state index in [1.165, 1.54) is 12.1 Å². The maximum absolute atomic E-state index is 11.7. The number of anilines is 1. The van der Waals surface area contributed by atoms with E-state index in [1.807, 2.05) is 17.5 Å². The molecule has 0 fully saturated rings. The van der Waals surface area contributed by atoms with Gasteiger partial charge in [-0.15, -0.1) is 11.3 Å². The van der Waals surface area contributed by atoms with Crippen LogP contribution in [-0.2, 0) is 16.4 Å². The summed E-state index contributed by atoms with van der Waals surface area (Å²) in [5, 5.41) is 7.34. The largest absolute Gasteiger partial charge is 0.333 e. The maximum atomic E-state index is 11.7. The van der Waals surface area contributed by atoms with Crippen molar-refractivity contribution in [1.82, 2.24) is 5.32 Å². The molecule has 21 heavy (non-hydrogen) atoms. The molecule has 7 heteroatoms. The summed E-state index contributed by atoms with van der Waals surface area (Å²) in [6.45, 7) is 2.06. The Kier molecular flexibility index (Phi) is 4.98. The zero-order valence-corrected chi connectivity index (χ0v) is 13.1. The van der Waals surface area contributed by atoms with Crippen LogP contribution >= 0.6 is 11.3 Å². The number of nitrogens with one attached hydrogen (secondary N) is 2. The normalized spacial score (nSPS) is 11.1. The van der Waals surface area contributed by atoms with Gasteiger partial charge < -0.3 is 10.6 Å². The highest BCUT2D eigenvalue weighted by Gasteiger charge is 2.11. The molecule has 2 amide bonds. The van der Waals surface area contributed by atoms with Crippen molar-refractivity contribution in [1.29, 1.82) is 0 Å². The quantitative estimate of drug-likeness (QED) is 0.888. The third kappa shape index (κ3) is 4.30. The first-order valence-electron chi connectivity index (χ1n) is 6.41. The van der Waals surface area contributed by atoms with Gasteiger partial charge in [0.25, 0.3) is 0 Å². The number of hydrogen-bond donors (Lipinski definition) is 2. The molecule has 112 valence electrons. The van der Waals surface area contributed by atoms with Crippen molar-refractivity contribution in [3.63, 3.8) is 0 Å². The predicted octanol–water partition coefficient (Wildman–Crippen LogP) is 2.86. The van der Waals surface area contributed by atoms with E-state index in [4.69, 9.17) is 0 Å². The lowest BCUT2D eigenvalue weighted by atomic mass is 10.3. The number of carbonyl (C=O) groups excluding carboxylic acids is 1. The van der Waals surface area contributed by atoms with Gasteiger partial charge in [0.15, 0.2) is 9.84 Å². The Morgan fingerprint density at radius 3 is 2.48 bits per heavy atom. The molecule has 0 aliphatic rings. The van der Waals surface area contributed by atoms with Crippen LogP contribution in [0.4, 0.5) is 10.5 Å². The van der Waals surface area contributed by atoms with E-state index in [1.54, 1.807) is 30.4 Å². The molecular formula is C14H16N2O3S2. The van der Waals surface area contributed by atoms with Crippen molar-refractivity contribution >= 4 is 32.9 Å². The fourth-order valence-corrected chi connectivity index (χ4v) is 3.20. The minimum Gasteiger partial charge on any atom is -0.333 e. The molecule has 0 bridgehead atoms. The molecule has 1 heterocycles. The Labute approximate surface area is 127 Å². The number of sulfone groups is 1. The predicted molar refractivity (Wildman–Crippen MR) is 84.3 cm³/mol. The van der Waals surface area contributed by atoms with Crippen LogP contribution in [0.15, 0.2) is 46.7 Å². The molecular weight excluding hydrogens is 308 g/mol. The third-order valence-electron chi connectivity index (χ3n) is 2.85. The molecule has 5 nitrogen and oxygen atoms in total. The molecule has 1 aromatic carbocycles. The van der Waals surface area contributed by atoms with Crippen molar-refractivity contribution in [2.45, 2.75) is 18.4 Å². The minimum absolute atomic E-state index is 0.0566. The summed E-state index contributed by atoms with van der Waals surface area (Å²) < 4.78 is 23.3. The van der Waals surface area contributed by atoms with Gasteiger partial charge >= 0.3 is 6.03 Å². The summed E-state index contributed by atoms with van der Waals surface area (Å²) in [5.74, 6) is 0.0566. The average molecular weight is 324 g/mol. The van der Waals surface area contributed by atoms with Crippen LogP contribution in [0.25, 0.3) is 0 Å². The molecule has 0 atom stereocenters. The van der Waals surface area contributed by atoms with Crippen molar-refractivity contribution in [2.75, 3.05) is 11.1 Å². The molecule has 0 aliphatic carbocycles. The van der Waals surface area contributed by atoms with E-state index in [9.17, 15) is 13.2 Å². The average Bonchev–Trinajstić information content (AvgIpc) is 2.99. The van der Waals surface area contributed by atoms with Crippen molar-refractivity contribution in [2.24, 2.45) is 0 Å². The molecule has 2 N–H and O–H groups in total. The third-order valence-corrected chi connectivity index (χ3v) is 5.48. The van der Waals surface area contributed by atoms with E-state index in [2.05, 4.69) is 10.6 Å². The number of thiophene rings is 1. The highest BCUT2D eigenvalue weighted by molar-refractivity contribution is 7.91. The van der Waals surface area contributed by atoms with E-state index < -0.39 is 9.84 Å². The number of urea groups is 1. The van der Waals surface area contributed by atoms with Gasteiger partial charge in [-0.05, 0) is 35.7 Å². The highest BCUT2D eigenvalue weighted by atomic mass is 32.2. The minimum atomic E-state index is -3.21. The smallest absolute Gasteiger partial charge is 0.319 e. The van der Waals surface area contributed by atoms with Gasteiger partial charge in [0.1, 0.15) is 0 Å². The Morgan fingerprint density at radius 2 is 1.90 bits per heavy atom. The Bertz CT molecular complexity index is 692. The monoisotopic (exact) mass is 324 g/mol. The second kappa shape index (κ2) is 6.73. The first-order chi connectivity index (χ1) is 10.0. The Morgan fingerprint density at radius 1 is 1.19 bits per heavy atom. The zero-order valence-electron chi connectivity index (χ0n) is 11.5. The summed E-state index contributed by atoms with van der Waals surface area (Å²) in [4.78, 5) is 13.0. The molecule has 0 aliphatic heterocycles. The second-order valence-corrected chi connectivity index (χ2v) is 7.63. The Balaban J connectivity index is 1.92. The lowest BCUT2D eigenvalue weighted by Gasteiger charge is -2.07. The van der Waals surface area contributed by atoms with Gasteiger partial charge in [-0.3, -0.25) is 0 Å². The van der Waals surface area contributed by atoms with Gasteiger partial charge in [0, 0.05) is 10.6 Å². The molecule has 0 radical (unpaired) electrons. The first-order valence-corrected chi connectivity index (χ1v) is 8.94. The van der Waals surface area contributed by atoms with Crippen LogP contribution in [0.3, 0.4) is 0 Å². The molecule has 0 spiro atoms. The summed E-state index contributed by atoms with van der Waals surface area (Å²) in [6.07, 6.45) is 0. The van der Waals surface area contributed by atoms with Crippen molar-refractivity contribution in [3.05, 3.63) is 46.7 Å². The van der Waals surface area contributed by atoms with Gasteiger partial charge in [-0.1, -0.05) is 13.0 Å². The number of rotatable bonds is 5. The van der Waals surface area contributed by atoms with Crippen molar-refractivity contribution < 1.29 is 13.2 Å². The van der Waals surface area contributed by atoms with Crippen molar-refractivity contribution in [3.8, 4) is 0 Å². The topological polar surface area (TPSA) is 75.3 Å². The highest BCUT2D eigenvalue weighted by Crippen LogP contribution is 2.15. The standard InChI is InChI=1S/C14H16N2O3S2/c1-2-21(18,19)13-7-5-11(6-8-13)16-14(17)15-10-12-4-3-9-20-12/h3-9H,2,10H2,1H3,(H2,15,16,17). The van der Waals surface area contributed by atoms with Gasteiger partial charge in [-0.25, -0.2) is 13.2 Å². The van der Waals surface area contributed by atoms with E-state index in [0.717, 1.165) is 4.88 Å². The molecule has 0 unspecified atom stereocenters. The molecule has 2 aromatic rings. The molecule has 1 aromatic heterocycles. The van der Waals surface area contributed by atoms with Gasteiger partial charge in [-0.2, -0.15) is 0 Å². The summed E-state index contributed by atoms with van der Waals surface area (Å²) in [6, 6.07) is 9.68. The number of amides is 2. The fraction of sp³-hybridized carbons (Fsp3) is 0.214. The van der Waals surface area contributed by atoms with Crippen LogP contribution < -0.4 is 10.6 Å². The van der Waals surface area contributed by atoms with Crippen LogP contribution in [-0.4, -0.2) is 20.2 Å². The first kappa shape index (κ1) is 15.5. The van der Waals surface area contributed by atoms with E-state index >= 15 is 0 Å². The SMILES string of the molecule is CCS(=O)(=O)c1ccc(NC(=O)NCc2cccs2)cc1. The van der Waals surface area contributed by atoms with Gasteiger partial charge in [0.05, 0.1) is 17.2 Å². The maximum Gasteiger partial charge on any atom is 0.319 e. The van der Waals surface area contributed by atoms with Crippen LogP contribution in [0, 0.1) is 0 Å². The van der Waals surface area contributed by atoms with E-state index in [0.29, 0.717) is 12.2 Å². The molecule has 0 saturated carbocycles. The van der Waals surface area contributed by atoms with Crippen LogP contribution in [0.2, 0.25) is 0 Å². The Hall–Kier alpha value is -1.86. The lowest BCUT2D eigenvalue weighted by molar-refractivity contribution is 0.252. The fourth-order valence-electron chi connectivity index (χ4n) is 1.67. The van der Waals surface area contributed by atoms with E-state index in [-0.39, 0.29) is 16.7 Å². The summed E-state index contributed by atoms with van der Waals surface area (Å²) >= 11 is 1.57. The summed E-state index contributed by atoms with van der Waals surface area (Å²) in [7, 11) is -3.21. The molecule has 0 saturated heterocycles. The number of benzene rings is 1. The number of carbonyl (C=O) groups is 1.